The minimum atomic E-state index is -0.736. The Morgan fingerprint density at radius 1 is 1.35 bits per heavy atom. The fourth-order valence-electron chi connectivity index (χ4n) is 1.55. The van der Waals surface area contributed by atoms with E-state index in [0.717, 1.165) is 4.90 Å². The fraction of sp³-hybridized carbons (Fsp3) is 0.267. The number of thioether (sulfide) groups is 1. The normalized spacial score (nSPS) is 9.65. The van der Waals surface area contributed by atoms with E-state index in [4.69, 9.17) is 9.47 Å². The predicted molar refractivity (Wildman–Crippen MR) is 86.8 cm³/mol. The van der Waals surface area contributed by atoms with Crippen LogP contribution in [0.3, 0.4) is 0 Å². The molecule has 0 saturated carbocycles. The molecule has 0 aliphatic rings. The lowest BCUT2D eigenvalue weighted by molar-refractivity contribution is -0.123. The zero-order valence-corrected chi connectivity index (χ0v) is 13.7. The van der Waals surface area contributed by atoms with Crippen LogP contribution in [-0.4, -0.2) is 44.4 Å². The van der Waals surface area contributed by atoms with Crippen molar-refractivity contribution in [3.63, 3.8) is 0 Å². The SMILES string of the molecule is C=CCNC(=O)NC(=O)COC(=O)c1ccc(SC)cc1OC. The summed E-state index contributed by atoms with van der Waals surface area (Å²) in [6.45, 7) is 3.07. The average molecular weight is 338 g/mol. The van der Waals surface area contributed by atoms with E-state index in [1.54, 1.807) is 18.2 Å². The molecule has 7 nitrogen and oxygen atoms in total. The minimum Gasteiger partial charge on any atom is -0.496 e. The fourth-order valence-corrected chi connectivity index (χ4v) is 1.98. The molecule has 0 spiro atoms. The first kappa shape index (κ1) is 18.6. The number of rotatable bonds is 7. The number of nitrogens with one attached hydrogen (secondary N) is 2. The lowest BCUT2D eigenvalue weighted by atomic mass is 10.2. The number of urea groups is 1. The third-order valence-corrected chi connectivity index (χ3v) is 3.35. The second-order valence-electron chi connectivity index (χ2n) is 4.19. The van der Waals surface area contributed by atoms with Gasteiger partial charge >= 0.3 is 12.0 Å². The summed E-state index contributed by atoms with van der Waals surface area (Å²) in [7, 11) is 1.44. The standard InChI is InChI=1S/C15H18N2O5S/c1-4-7-16-15(20)17-13(18)9-22-14(19)11-6-5-10(23-3)8-12(11)21-2/h4-6,8H,1,7,9H2,2-3H3,(H2,16,17,18,20). The van der Waals surface area contributed by atoms with E-state index in [-0.39, 0.29) is 12.1 Å². The Labute approximate surface area is 138 Å². The van der Waals surface area contributed by atoms with E-state index in [1.165, 1.54) is 24.9 Å². The maximum absolute atomic E-state index is 12.0. The summed E-state index contributed by atoms with van der Waals surface area (Å²) in [6.07, 6.45) is 3.36. The quantitative estimate of drug-likeness (QED) is 0.445. The number of methoxy groups -OCH3 is 1. The highest BCUT2D eigenvalue weighted by atomic mass is 32.2. The number of amides is 3. The highest BCUT2D eigenvalue weighted by Gasteiger charge is 2.16. The van der Waals surface area contributed by atoms with Crippen molar-refractivity contribution in [3.05, 3.63) is 36.4 Å². The lowest BCUT2D eigenvalue weighted by Crippen LogP contribution is -2.41. The predicted octanol–water partition coefficient (Wildman–Crippen LogP) is 1.59. The van der Waals surface area contributed by atoms with Gasteiger partial charge in [0.25, 0.3) is 5.91 Å². The van der Waals surface area contributed by atoms with Crippen LogP contribution in [0.25, 0.3) is 0 Å². The zero-order valence-electron chi connectivity index (χ0n) is 12.9. The van der Waals surface area contributed by atoms with E-state index < -0.39 is 24.5 Å². The Kier molecular flexibility index (Phi) is 7.69. The van der Waals surface area contributed by atoms with Gasteiger partial charge in [0.15, 0.2) is 6.61 Å². The van der Waals surface area contributed by atoms with Gasteiger partial charge in [-0.1, -0.05) is 6.08 Å². The zero-order chi connectivity index (χ0) is 17.2. The van der Waals surface area contributed by atoms with Crippen LogP contribution in [0.15, 0.2) is 35.7 Å². The Hall–Kier alpha value is -2.48. The Morgan fingerprint density at radius 3 is 2.70 bits per heavy atom. The molecule has 2 N–H and O–H groups in total. The molecule has 1 aromatic carbocycles. The van der Waals surface area contributed by atoms with Gasteiger partial charge in [0.05, 0.1) is 7.11 Å². The summed E-state index contributed by atoms with van der Waals surface area (Å²) in [4.78, 5) is 35.7. The first-order chi connectivity index (χ1) is 11.0. The van der Waals surface area contributed by atoms with Crippen molar-refractivity contribution in [2.75, 3.05) is 26.5 Å². The molecule has 124 valence electrons. The maximum atomic E-state index is 12.0. The van der Waals surface area contributed by atoms with Gasteiger partial charge in [-0.3, -0.25) is 10.1 Å². The molecule has 8 heteroatoms. The molecule has 0 unspecified atom stereocenters. The van der Waals surface area contributed by atoms with E-state index >= 15 is 0 Å². The number of carbonyl (C=O) groups is 3. The van der Waals surface area contributed by atoms with Crippen LogP contribution in [0.1, 0.15) is 10.4 Å². The van der Waals surface area contributed by atoms with Crippen molar-refractivity contribution in [2.24, 2.45) is 0 Å². The number of esters is 1. The molecule has 0 aliphatic carbocycles. The number of hydrogen-bond acceptors (Lipinski definition) is 6. The van der Waals surface area contributed by atoms with Crippen LogP contribution in [0.4, 0.5) is 4.79 Å². The monoisotopic (exact) mass is 338 g/mol. The molecular formula is C15H18N2O5S. The minimum absolute atomic E-state index is 0.203. The topological polar surface area (TPSA) is 93.7 Å². The summed E-state index contributed by atoms with van der Waals surface area (Å²) < 4.78 is 10.0. The summed E-state index contributed by atoms with van der Waals surface area (Å²) in [6, 6.07) is 4.31. The third-order valence-electron chi connectivity index (χ3n) is 2.62. The van der Waals surface area contributed by atoms with Gasteiger partial charge in [0.1, 0.15) is 11.3 Å². The van der Waals surface area contributed by atoms with Crippen molar-refractivity contribution in [1.82, 2.24) is 10.6 Å². The van der Waals surface area contributed by atoms with Crippen LogP contribution in [0, 0.1) is 0 Å². The van der Waals surface area contributed by atoms with Gasteiger partial charge in [-0.2, -0.15) is 0 Å². The highest BCUT2D eigenvalue weighted by Crippen LogP contribution is 2.25. The van der Waals surface area contributed by atoms with Crippen molar-refractivity contribution in [2.45, 2.75) is 4.90 Å². The molecule has 0 aromatic heterocycles. The van der Waals surface area contributed by atoms with Crippen molar-refractivity contribution < 1.29 is 23.9 Å². The molecule has 0 bridgehead atoms. The molecule has 0 saturated heterocycles. The van der Waals surface area contributed by atoms with Crippen LogP contribution >= 0.6 is 11.8 Å². The van der Waals surface area contributed by atoms with Crippen LogP contribution < -0.4 is 15.4 Å². The number of carbonyl (C=O) groups excluding carboxylic acids is 3. The van der Waals surface area contributed by atoms with E-state index in [1.807, 2.05) is 11.6 Å². The molecule has 0 radical (unpaired) electrons. The number of ether oxygens (including phenoxy) is 2. The van der Waals surface area contributed by atoms with Gasteiger partial charge < -0.3 is 14.8 Å². The molecule has 1 rings (SSSR count). The van der Waals surface area contributed by atoms with E-state index in [9.17, 15) is 14.4 Å². The lowest BCUT2D eigenvalue weighted by Gasteiger charge is -2.10. The smallest absolute Gasteiger partial charge is 0.342 e. The second-order valence-corrected chi connectivity index (χ2v) is 5.07. The number of imide groups is 1. The van der Waals surface area contributed by atoms with Crippen molar-refractivity contribution in [3.8, 4) is 5.75 Å². The largest absolute Gasteiger partial charge is 0.496 e. The van der Waals surface area contributed by atoms with Gasteiger partial charge in [0, 0.05) is 11.4 Å². The molecular weight excluding hydrogens is 320 g/mol. The molecule has 0 heterocycles. The van der Waals surface area contributed by atoms with E-state index in [0.29, 0.717) is 5.75 Å². The van der Waals surface area contributed by atoms with Crippen LogP contribution in [-0.2, 0) is 9.53 Å². The maximum Gasteiger partial charge on any atom is 0.342 e. The number of benzene rings is 1. The summed E-state index contributed by atoms with van der Waals surface area (Å²) >= 11 is 1.50. The Balaban J connectivity index is 2.58. The first-order valence-electron chi connectivity index (χ1n) is 6.59. The summed E-state index contributed by atoms with van der Waals surface area (Å²) in [5.74, 6) is -1.10. The average Bonchev–Trinajstić information content (AvgIpc) is 2.57. The summed E-state index contributed by atoms with van der Waals surface area (Å²) in [5.41, 5.74) is 0.203. The first-order valence-corrected chi connectivity index (χ1v) is 7.82. The highest BCUT2D eigenvalue weighted by molar-refractivity contribution is 7.98. The van der Waals surface area contributed by atoms with Gasteiger partial charge in [0.2, 0.25) is 0 Å². The molecule has 1 aromatic rings. The van der Waals surface area contributed by atoms with Crippen LogP contribution in [0.2, 0.25) is 0 Å². The van der Waals surface area contributed by atoms with Crippen LogP contribution in [0.5, 0.6) is 5.75 Å². The van der Waals surface area contributed by atoms with Gasteiger partial charge in [-0.05, 0) is 24.5 Å². The molecule has 0 fully saturated rings. The van der Waals surface area contributed by atoms with Crippen molar-refractivity contribution >= 4 is 29.7 Å². The van der Waals surface area contributed by atoms with Gasteiger partial charge in [-0.25, -0.2) is 9.59 Å². The molecule has 0 atom stereocenters. The summed E-state index contributed by atoms with van der Waals surface area (Å²) in [5, 5.41) is 4.38. The number of hydrogen-bond donors (Lipinski definition) is 2. The molecule has 3 amide bonds. The second kappa shape index (κ2) is 9.52. The Bertz CT molecular complexity index is 604. The molecule has 23 heavy (non-hydrogen) atoms. The molecule has 0 aliphatic heterocycles. The third kappa shape index (κ3) is 6.03. The van der Waals surface area contributed by atoms with E-state index in [2.05, 4.69) is 11.9 Å². The Morgan fingerprint density at radius 2 is 2.09 bits per heavy atom. The van der Waals surface area contributed by atoms with Crippen molar-refractivity contribution in [1.29, 1.82) is 0 Å². The van der Waals surface area contributed by atoms with Gasteiger partial charge in [-0.15, -0.1) is 18.3 Å².